The van der Waals surface area contributed by atoms with Crippen molar-refractivity contribution in [2.45, 2.75) is 13.3 Å². The Balaban J connectivity index is 2.19. The van der Waals surface area contributed by atoms with Crippen LogP contribution in [0.25, 0.3) is 0 Å². The van der Waals surface area contributed by atoms with E-state index in [1.165, 1.54) is 0 Å². The van der Waals surface area contributed by atoms with Crippen LogP contribution in [0.5, 0.6) is 0 Å². The molecule has 0 aliphatic rings. The maximum Gasteiger partial charge on any atom is 0.260 e. The van der Waals surface area contributed by atoms with Crippen LogP contribution in [-0.4, -0.2) is 27.2 Å². The van der Waals surface area contributed by atoms with Gasteiger partial charge in [0.15, 0.2) is 0 Å². The fraction of sp³-hybridized carbons (Fsp3) is 0.267. The molecule has 0 spiro atoms. The molecular weight excluding hydrogens is 266 g/mol. The molecule has 0 saturated carbocycles. The lowest BCUT2D eigenvalue weighted by Crippen LogP contribution is -2.14. The van der Waals surface area contributed by atoms with E-state index in [1.54, 1.807) is 36.1 Å². The molecule has 2 heterocycles. The van der Waals surface area contributed by atoms with E-state index in [0.29, 0.717) is 23.5 Å². The van der Waals surface area contributed by atoms with Crippen molar-refractivity contribution in [3.8, 4) is 11.8 Å². The Morgan fingerprint density at radius 3 is 3.00 bits per heavy atom. The smallest absolute Gasteiger partial charge is 0.260 e. The van der Waals surface area contributed by atoms with E-state index in [2.05, 4.69) is 27.2 Å². The SMILES string of the molecule is CCc1nn(C)cc1C(=O)Nc1cccc(C#CCN)n1. The minimum atomic E-state index is -0.226. The molecule has 0 atom stereocenters. The number of nitrogens with zero attached hydrogens (tertiary/aromatic N) is 3. The number of rotatable bonds is 3. The van der Waals surface area contributed by atoms with Crippen molar-refractivity contribution in [1.29, 1.82) is 0 Å². The zero-order valence-corrected chi connectivity index (χ0v) is 12.1. The van der Waals surface area contributed by atoms with Crippen LogP contribution in [0.3, 0.4) is 0 Å². The van der Waals surface area contributed by atoms with Gasteiger partial charge in [0, 0.05) is 13.2 Å². The van der Waals surface area contributed by atoms with E-state index in [0.717, 1.165) is 5.69 Å². The minimum absolute atomic E-state index is 0.226. The highest BCUT2D eigenvalue weighted by Crippen LogP contribution is 2.11. The first-order chi connectivity index (χ1) is 10.1. The summed E-state index contributed by atoms with van der Waals surface area (Å²) in [6.07, 6.45) is 2.39. The summed E-state index contributed by atoms with van der Waals surface area (Å²) < 4.78 is 1.63. The van der Waals surface area contributed by atoms with Crippen LogP contribution in [0.1, 0.15) is 28.7 Å². The van der Waals surface area contributed by atoms with Crippen LogP contribution >= 0.6 is 0 Å². The fourth-order valence-corrected chi connectivity index (χ4v) is 1.88. The number of amides is 1. The number of pyridine rings is 1. The lowest BCUT2D eigenvalue weighted by atomic mass is 10.2. The van der Waals surface area contributed by atoms with Gasteiger partial charge in [0.25, 0.3) is 5.91 Å². The summed E-state index contributed by atoms with van der Waals surface area (Å²) in [6, 6.07) is 5.26. The second-order valence-corrected chi connectivity index (χ2v) is 4.38. The Bertz CT molecular complexity index is 708. The van der Waals surface area contributed by atoms with Crippen LogP contribution in [0.15, 0.2) is 24.4 Å². The van der Waals surface area contributed by atoms with Gasteiger partial charge in [-0.3, -0.25) is 9.48 Å². The topological polar surface area (TPSA) is 85.8 Å². The van der Waals surface area contributed by atoms with Gasteiger partial charge in [0.2, 0.25) is 0 Å². The third-order valence-electron chi connectivity index (χ3n) is 2.79. The second-order valence-electron chi connectivity index (χ2n) is 4.38. The van der Waals surface area contributed by atoms with Crippen LogP contribution in [-0.2, 0) is 13.5 Å². The predicted octanol–water partition coefficient (Wildman–Crippen LogP) is 0.940. The van der Waals surface area contributed by atoms with E-state index in [9.17, 15) is 4.79 Å². The maximum absolute atomic E-state index is 12.3. The van der Waals surface area contributed by atoms with Gasteiger partial charge in [-0.1, -0.05) is 18.9 Å². The van der Waals surface area contributed by atoms with E-state index < -0.39 is 0 Å². The molecule has 0 unspecified atom stereocenters. The molecule has 108 valence electrons. The van der Waals surface area contributed by atoms with E-state index in [4.69, 9.17) is 5.73 Å². The molecule has 0 saturated heterocycles. The Labute approximate surface area is 123 Å². The van der Waals surface area contributed by atoms with Gasteiger partial charge in [-0.2, -0.15) is 5.10 Å². The predicted molar refractivity (Wildman–Crippen MR) is 80.7 cm³/mol. The monoisotopic (exact) mass is 283 g/mol. The number of carbonyl (C=O) groups is 1. The highest BCUT2D eigenvalue weighted by molar-refractivity contribution is 6.04. The van der Waals surface area contributed by atoms with Gasteiger partial charge in [-0.05, 0) is 24.5 Å². The van der Waals surface area contributed by atoms with Crippen molar-refractivity contribution in [3.05, 3.63) is 41.3 Å². The standard InChI is InChI=1S/C15H17N5O/c1-3-13-12(10-20(2)19-13)15(21)18-14-8-4-6-11(17-14)7-5-9-16/h4,6,8,10H,3,9,16H2,1-2H3,(H,17,18,21). The van der Waals surface area contributed by atoms with Crippen molar-refractivity contribution in [3.63, 3.8) is 0 Å². The first-order valence-electron chi connectivity index (χ1n) is 6.64. The first kappa shape index (κ1) is 14.8. The van der Waals surface area contributed by atoms with Gasteiger partial charge in [-0.25, -0.2) is 4.98 Å². The molecule has 3 N–H and O–H groups in total. The molecule has 21 heavy (non-hydrogen) atoms. The molecule has 6 nitrogen and oxygen atoms in total. The molecular formula is C15H17N5O. The molecule has 0 radical (unpaired) electrons. The van der Waals surface area contributed by atoms with Crippen molar-refractivity contribution >= 4 is 11.7 Å². The Hall–Kier alpha value is -2.65. The number of nitrogens with one attached hydrogen (secondary N) is 1. The number of hydrogen-bond acceptors (Lipinski definition) is 4. The summed E-state index contributed by atoms with van der Waals surface area (Å²) in [7, 11) is 1.79. The van der Waals surface area contributed by atoms with E-state index in [-0.39, 0.29) is 12.5 Å². The number of hydrogen-bond donors (Lipinski definition) is 2. The van der Waals surface area contributed by atoms with Gasteiger partial charge in [-0.15, -0.1) is 0 Å². The summed E-state index contributed by atoms with van der Waals surface area (Å²) in [5.74, 6) is 5.79. The Kier molecular flexibility index (Phi) is 4.69. The molecule has 0 aliphatic carbocycles. The van der Waals surface area contributed by atoms with Crippen LogP contribution in [0.2, 0.25) is 0 Å². The summed E-state index contributed by atoms with van der Waals surface area (Å²) in [5, 5.41) is 7.01. The maximum atomic E-state index is 12.3. The molecule has 6 heteroatoms. The second kappa shape index (κ2) is 6.68. The summed E-state index contributed by atoms with van der Waals surface area (Å²) in [4.78, 5) is 16.5. The van der Waals surface area contributed by atoms with Crippen LogP contribution < -0.4 is 11.1 Å². The van der Waals surface area contributed by atoms with Crippen molar-refractivity contribution in [1.82, 2.24) is 14.8 Å². The molecule has 2 rings (SSSR count). The van der Waals surface area contributed by atoms with Gasteiger partial charge in [0.05, 0.1) is 17.8 Å². The lowest BCUT2D eigenvalue weighted by molar-refractivity contribution is 0.102. The molecule has 0 bridgehead atoms. The third-order valence-corrected chi connectivity index (χ3v) is 2.79. The molecule has 0 fully saturated rings. The number of carbonyl (C=O) groups excluding carboxylic acids is 1. The van der Waals surface area contributed by atoms with Crippen molar-refractivity contribution in [2.75, 3.05) is 11.9 Å². The number of aryl methyl sites for hydroxylation is 2. The van der Waals surface area contributed by atoms with Crippen molar-refractivity contribution < 1.29 is 4.79 Å². The quantitative estimate of drug-likeness (QED) is 0.821. The van der Waals surface area contributed by atoms with Gasteiger partial charge < -0.3 is 11.1 Å². The lowest BCUT2D eigenvalue weighted by Gasteiger charge is -2.04. The van der Waals surface area contributed by atoms with E-state index in [1.807, 2.05) is 6.92 Å². The van der Waals surface area contributed by atoms with E-state index >= 15 is 0 Å². The molecule has 2 aromatic heterocycles. The summed E-state index contributed by atoms with van der Waals surface area (Å²) in [6.45, 7) is 2.23. The number of nitrogens with two attached hydrogens (primary N) is 1. The number of aromatic nitrogens is 3. The average molecular weight is 283 g/mol. The largest absolute Gasteiger partial charge is 0.320 e. The van der Waals surface area contributed by atoms with Crippen molar-refractivity contribution in [2.24, 2.45) is 12.8 Å². The highest BCUT2D eigenvalue weighted by Gasteiger charge is 2.14. The molecule has 1 amide bonds. The molecule has 0 aliphatic heterocycles. The number of anilines is 1. The zero-order valence-electron chi connectivity index (χ0n) is 12.1. The molecule has 0 aromatic carbocycles. The third kappa shape index (κ3) is 3.68. The fourth-order valence-electron chi connectivity index (χ4n) is 1.88. The summed E-state index contributed by atoms with van der Waals surface area (Å²) in [5.41, 5.74) is 7.21. The summed E-state index contributed by atoms with van der Waals surface area (Å²) >= 11 is 0. The first-order valence-corrected chi connectivity index (χ1v) is 6.64. The molecule has 2 aromatic rings. The van der Waals surface area contributed by atoms with Crippen LogP contribution in [0.4, 0.5) is 5.82 Å². The minimum Gasteiger partial charge on any atom is -0.320 e. The van der Waals surface area contributed by atoms with Crippen LogP contribution in [0, 0.1) is 11.8 Å². The Morgan fingerprint density at radius 2 is 2.29 bits per heavy atom. The zero-order chi connectivity index (χ0) is 15.2. The van der Waals surface area contributed by atoms with Gasteiger partial charge in [0.1, 0.15) is 11.5 Å². The normalized spacial score (nSPS) is 9.86. The average Bonchev–Trinajstić information content (AvgIpc) is 2.87. The highest BCUT2D eigenvalue weighted by atomic mass is 16.1. The van der Waals surface area contributed by atoms with Gasteiger partial charge >= 0.3 is 0 Å². The Morgan fingerprint density at radius 1 is 1.48 bits per heavy atom.